The summed E-state index contributed by atoms with van der Waals surface area (Å²) in [6, 6.07) is 4.03. The number of nitrogens with one attached hydrogen (secondary N) is 2. The molecule has 3 saturated heterocycles. The molecule has 3 aliphatic rings. The maximum absolute atomic E-state index is 12.5. The fourth-order valence-electron chi connectivity index (χ4n) is 3.41. The van der Waals surface area contributed by atoms with Crippen LogP contribution in [0.5, 0.6) is 0 Å². The van der Waals surface area contributed by atoms with Crippen molar-refractivity contribution in [1.82, 2.24) is 15.2 Å². The number of anilines is 1. The lowest BCUT2D eigenvalue weighted by Gasteiger charge is -2.44. The summed E-state index contributed by atoms with van der Waals surface area (Å²) in [4.78, 5) is 19.4. The maximum Gasteiger partial charge on any atom is 0.251 e. The van der Waals surface area contributed by atoms with Gasteiger partial charge in [0.1, 0.15) is 5.82 Å². The van der Waals surface area contributed by atoms with Gasteiger partial charge in [0.25, 0.3) is 5.91 Å². The average Bonchev–Trinajstić information content (AvgIpc) is 2.55. The number of piperidine rings is 3. The van der Waals surface area contributed by atoms with E-state index in [1.165, 1.54) is 25.9 Å². The van der Waals surface area contributed by atoms with E-state index in [4.69, 9.17) is 0 Å². The number of aromatic nitrogens is 1. The molecule has 5 nitrogen and oxygen atoms in total. The molecule has 1 aromatic rings. The number of pyridine rings is 1. The molecule has 1 aromatic heterocycles. The van der Waals surface area contributed by atoms with Crippen molar-refractivity contribution in [1.29, 1.82) is 0 Å². The molecule has 0 aliphatic carbocycles. The number of rotatable bonds is 4. The van der Waals surface area contributed by atoms with E-state index in [-0.39, 0.29) is 5.91 Å². The van der Waals surface area contributed by atoms with E-state index in [0.717, 1.165) is 24.5 Å². The van der Waals surface area contributed by atoms with Crippen molar-refractivity contribution in [2.45, 2.75) is 32.2 Å². The second-order valence-corrected chi connectivity index (χ2v) is 6.05. The van der Waals surface area contributed by atoms with Gasteiger partial charge in [-0.05, 0) is 50.4 Å². The molecule has 5 heteroatoms. The third-order valence-corrected chi connectivity index (χ3v) is 4.73. The Balaban J connectivity index is 1.73. The first-order valence-electron chi connectivity index (χ1n) is 7.91. The summed E-state index contributed by atoms with van der Waals surface area (Å²) >= 11 is 0. The minimum Gasteiger partial charge on any atom is -0.373 e. The van der Waals surface area contributed by atoms with Gasteiger partial charge in [0.2, 0.25) is 0 Å². The van der Waals surface area contributed by atoms with Crippen molar-refractivity contribution in [3.8, 4) is 0 Å². The number of hydrogen-bond acceptors (Lipinski definition) is 4. The lowest BCUT2D eigenvalue weighted by atomic mass is 9.84. The van der Waals surface area contributed by atoms with Crippen LogP contribution < -0.4 is 10.6 Å². The Bertz CT molecular complexity index is 501. The number of hydrogen-bond donors (Lipinski definition) is 2. The van der Waals surface area contributed by atoms with Crippen molar-refractivity contribution >= 4 is 11.7 Å². The lowest BCUT2D eigenvalue weighted by Crippen LogP contribution is -2.57. The zero-order chi connectivity index (χ0) is 14.8. The van der Waals surface area contributed by atoms with Crippen LogP contribution in [0.2, 0.25) is 0 Å². The van der Waals surface area contributed by atoms with Crippen LogP contribution in [0.15, 0.2) is 12.1 Å². The van der Waals surface area contributed by atoms with Crippen LogP contribution in [0.4, 0.5) is 5.82 Å². The SMILES string of the molecule is CCc1cc(C(=O)NC2CN3CCC2CC3)cc(NC)n1. The first-order chi connectivity index (χ1) is 10.2. The quantitative estimate of drug-likeness (QED) is 0.882. The van der Waals surface area contributed by atoms with Gasteiger partial charge in [-0.15, -0.1) is 0 Å². The second-order valence-electron chi connectivity index (χ2n) is 6.05. The highest BCUT2D eigenvalue weighted by Gasteiger charge is 2.34. The molecular formula is C16H24N4O. The van der Waals surface area contributed by atoms with E-state index < -0.39 is 0 Å². The minimum atomic E-state index is 0.0300. The molecule has 1 atom stereocenters. The number of carbonyl (C=O) groups is 1. The monoisotopic (exact) mass is 288 g/mol. The third kappa shape index (κ3) is 3.02. The van der Waals surface area contributed by atoms with E-state index in [0.29, 0.717) is 17.5 Å². The van der Waals surface area contributed by atoms with Crippen molar-refractivity contribution in [2.24, 2.45) is 5.92 Å². The van der Waals surface area contributed by atoms with Gasteiger partial charge >= 0.3 is 0 Å². The Morgan fingerprint density at radius 1 is 1.38 bits per heavy atom. The fourth-order valence-corrected chi connectivity index (χ4v) is 3.41. The van der Waals surface area contributed by atoms with Gasteiger partial charge in [0, 0.05) is 30.9 Å². The summed E-state index contributed by atoms with van der Waals surface area (Å²) in [5.41, 5.74) is 1.66. The van der Waals surface area contributed by atoms with Crippen molar-refractivity contribution < 1.29 is 4.79 Å². The van der Waals surface area contributed by atoms with Crippen LogP contribution in [0.3, 0.4) is 0 Å². The fraction of sp³-hybridized carbons (Fsp3) is 0.625. The van der Waals surface area contributed by atoms with Crippen LogP contribution >= 0.6 is 0 Å². The van der Waals surface area contributed by atoms with Gasteiger partial charge in [-0.1, -0.05) is 6.92 Å². The minimum absolute atomic E-state index is 0.0300. The van der Waals surface area contributed by atoms with Gasteiger partial charge in [0.15, 0.2) is 0 Å². The predicted molar refractivity (Wildman–Crippen MR) is 83.6 cm³/mol. The summed E-state index contributed by atoms with van der Waals surface area (Å²) < 4.78 is 0. The zero-order valence-corrected chi connectivity index (χ0v) is 12.9. The van der Waals surface area contributed by atoms with Crippen molar-refractivity contribution in [3.05, 3.63) is 23.4 Å². The smallest absolute Gasteiger partial charge is 0.251 e. The Hall–Kier alpha value is -1.62. The molecule has 21 heavy (non-hydrogen) atoms. The Morgan fingerprint density at radius 3 is 2.71 bits per heavy atom. The summed E-state index contributed by atoms with van der Waals surface area (Å²) in [6.07, 6.45) is 3.25. The average molecular weight is 288 g/mol. The summed E-state index contributed by atoms with van der Waals surface area (Å²) in [7, 11) is 1.83. The second kappa shape index (κ2) is 6.02. The van der Waals surface area contributed by atoms with E-state index >= 15 is 0 Å². The lowest BCUT2D eigenvalue weighted by molar-refractivity contribution is 0.0620. The van der Waals surface area contributed by atoms with E-state index in [9.17, 15) is 4.79 Å². The molecule has 0 radical (unpaired) electrons. The summed E-state index contributed by atoms with van der Waals surface area (Å²) in [5.74, 6) is 1.44. The molecule has 0 spiro atoms. The van der Waals surface area contributed by atoms with Crippen LogP contribution in [-0.4, -0.2) is 48.5 Å². The molecule has 0 saturated carbocycles. The number of aryl methyl sites for hydroxylation is 1. The standard InChI is InChI=1S/C16H24N4O/c1-3-13-8-12(9-15(17-2)18-13)16(21)19-14-10-20-6-4-11(14)5-7-20/h8-9,11,14H,3-7,10H2,1-2H3,(H,17,18)(H,19,21). The molecule has 3 fully saturated rings. The highest BCUT2D eigenvalue weighted by atomic mass is 16.1. The number of carbonyl (C=O) groups excluding carboxylic acids is 1. The first-order valence-corrected chi connectivity index (χ1v) is 7.91. The summed E-state index contributed by atoms with van der Waals surface area (Å²) in [5, 5.41) is 6.26. The molecule has 1 amide bonds. The number of nitrogens with zero attached hydrogens (tertiary/aromatic N) is 2. The molecule has 2 N–H and O–H groups in total. The Kier molecular flexibility index (Phi) is 4.10. The Morgan fingerprint density at radius 2 is 2.14 bits per heavy atom. The van der Waals surface area contributed by atoms with Crippen molar-refractivity contribution in [2.75, 3.05) is 32.0 Å². The molecular weight excluding hydrogens is 264 g/mol. The van der Waals surface area contributed by atoms with Crippen LogP contribution in [0.1, 0.15) is 35.8 Å². The molecule has 4 heterocycles. The van der Waals surface area contributed by atoms with Gasteiger partial charge in [-0.25, -0.2) is 4.98 Å². The molecule has 3 aliphatic heterocycles. The largest absolute Gasteiger partial charge is 0.373 e. The van der Waals surface area contributed by atoms with E-state index in [1.54, 1.807) is 0 Å². The predicted octanol–water partition coefficient (Wildman–Crippen LogP) is 1.51. The third-order valence-electron chi connectivity index (χ3n) is 4.73. The maximum atomic E-state index is 12.5. The van der Waals surface area contributed by atoms with Crippen LogP contribution in [0, 0.1) is 5.92 Å². The van der Waals surface area contributed by atoms with Gasteiger partial charge < -0.3 is 15.5 Å². The Labute approximate surface area is 126 Å². The normalized spacial score (nSPS) is 27.4. The summed E-state index contributed by atoms with van der Waals surface area (Å²) in [6.45, 7) is 5.43. The highest BCUT2D eigenvalue weighted by molar-refractivity contribution is 5.95. The number of amides is 1. The first kappa shape index (κ1) is 14.3. The van der Waals surface area contributed by atoms with Gasteiger partial charge in [0.05, 0.1) is 0 Å². The molecule has 0 aromatic carbocycles. The van der Waals surface area contributed by atoms with E-state index in [1.807, 2.05) is 19.2 Å². The van der Waals surface area contributed by atoms with E-state index in [2.05, 4.69) is 27.4 Å². The van der Waals surface area contributed by atoms with Gasteiger partial charge in [-0.2, -0.15) is 0 Å². The van der Waals surface area contributed by atoms with Crippen LogP contribution in [0.25, 0.3) is 0 Å². The topological polar surface area (TPSA) is 57.3 Å². The van der Waals surface area contributed by atoms with Crippen LogP contribution in [-0.2, 0) is 6.42 Å². The van der Waals surface area contributed by atoms with Gasteiger partial charge in [-0.3, -0.25) is 4.79 Å². The molecule has 1 unspecified atom stereocenters. The molecule has 114 valence electrons. The number of fused-ring (bicyclic) bond motifs is 3. The highest BCUT2D eigenvalue weighted by Crippen LogP contribution is 2.27. The van der Waals surface area contributed by atoms with Crippen molar-refractivity contribution in [3.63, 3.8) is 0 Å². The molecule has 4 rings (SSSR count). The molecule has 2 bridgehead atoms. The zero-order valence-electron chi connectivity index (χ0n) is 12.9.